The number of pyridine rings is 1. The molecule has 1 aromatic heterocycles. The molecule has 1 saturated heterocycles. The maximum Gasteiger partial charge on any atom is 0.171 e. The fourth-order valence-corrected chi connectivity index (χ4v) is 2.84. The van der Waals surface area contributed by atoms with Gasteiger partial charge >= 0.3 is 0 Å². The average molecular weight is 297 g/mol. The summed E-state index contributed by atoms with van der Waals surface area (Å²) >= 11 is 6.34. The van der Waals surface area contributed by atoms with E-state index in [0.29, 0.717) is 21.8 Å². The second-order valence-electron chi connectivity index (χ2n) is 5.63. The molecule has 0 amide bonds. The first-order chi connectivity index (χ1) is 9.50. The van der Waals surface area contributed by atoms with Gasteiger partial charge in [0.1, 0.15) is 5.82 Å². The first kappa shape index (κ1) is 14.9. The van der Waals surface area contributed by atoms with Crippen LogP contribution in [0.2, 0.25) is 5.02 Å². The summed E-state index contributed by atoms with van der Waals surface area (Å²) in [5, 5.41) is 12.2. The van der Waals surface area contributed by atoms with Crippen molar-refractivity contribution in [2.24, 2.45) is 16.3 Å². The van der Waals surface area contributed by atoms with E-state index in [9.17, 15) is 0 Å². The number of piperidine rings is 1. The first-order valence-corrected chi connectivity index (χ1v) is 7.26. The molecular formula is C14H21ClN4O. The molecule has 1 fully saturated rings. The molecule has 0 aromatic carbocycles. The zero-order valence-corrected chi connectivity index (χ0v) is 12.7. The number of hydrogen-bond donors (Lipinski definition) is 2. The van der Waals surface area contributed by atoms with E-state index >= 15 is 0 Å². The highest BCUT2D eigenvalue weighted by Gasteiger charge is 2.30. The smallest absolute Gasteiger partial charge is 0.171 e. The summed E-state index contributed by atoms with van der Waals surface area (Å²) in [6, 6.07) is 1.65. The fourth-order valence-electron chi connectivity index (χ4n) is 2.52. The second kappa shape index (κ2) is 5.87. The summed E-state index contributed by atoms with van der Waals surface area (Å²) in [6.07, 6.45) is 5.07. The third-order valence-electron chi connectivity index (χ3n) is 4.38. The predicted molar refractivity (Wildman–Crippen MR) is 81.6 cm³/mol. The number of halogens is 1. The molecule has 6 heteroatoms. The van der Waals surface area contributed by atoms with Crippen LogP contribution in [-0.4, -0.2) is 29.1 Å². The number of aromatic nitrogens is 1. The lowest BCUT2D eigenvalue weighted by atomic mass is 9.78. The lowest BCUT2D eigenvalue weighted by Gasteiger charge is -2.39. The van der Waals surface area contributed by atoms with E-state index < -0.39 is 0 Å². The Kier molecular flexibility index (Phi) is 4.38. The van der Waals surface area contributed by atoms with Crippen LogP contribution in [0.25, 0.3) is 0 Å². The van der Waals surface area contributed by atoms with Crippen molar-refractivity contribution in [1.29, 1.82) is 0 Å². The minimum atomic E-state index is 0.00839. The van der Waals surface area contributed by atoms with Crippen LogP contribution in [0, 0.1) is 5.41 Å². The van der Waals surface area contributed by atoms with E-state index in [-0.39, 0.29) is 5.84 Å². The molecule has 1 aromatic rings. The van der Waals surface area contributed by atoms with Crippen LogP contribution in [0.5, 0.6) is 0 Å². The standard InChI is InChI=1S/C14H21ClN4O/c1-3-14(2)5-8-19(9-6-14)13-11(15)10(4-7-17-13)12(16)18-20/h4,7,20H,3,5-6,8-9H2,1-2H3,(H2,16,18). The van der Waals surface area contributed by atoms with Crippen LogP contribution in [0.15, 0.2) is 17.4 Å². The van der Waals surface area contributed by atoms with Gasteiger partial charge in [0.25, 0.3) is 0 Å². The Balaban J connectivity index is 2.23. The molecule has 0 saturated carbocycles. The van der Waals surface area contributed by atoms with Gasteiger partial charge in [0, 0.05) is 24.8 Å². The molecule has 0 bridgehead atoms. The SMILES string of the molecule is CCC1(C)CCN(c2nccc(/C(N)=N/O)c2Cl)CC1. The largest absolute Gasteiger partial charge is 0.409 e. The molecule has 0 unspecified atom stereocenters. The summed E-state index contributed by atoms with van der Waals surface area (Å²) in [5.74, 6) is 0.725. The van der Waals surface area contributed by atoms with Gasteiger partial charge < -0.3 is 15.8 Å². The fraction of sp³-hybridized carbons (Fsp3) is 0.571. The molecule has 1 aliphatic rings. The minimum Gasteiger partial charge on any atom is -0.409 e. The monoisotopic (exact) mass is 296 g/mol. The first-order valence-electron chi connectivity index (χ1n) is 6.88. The maximum absolute atomic E-state index is 8.78. The van der Waals surface area contributed by atoms with Crippen molar-refractivity contribution in [2.45, 2.75) is 33.1 Å². The molecule has 5 nitrogen and oxygen atoms in total. The van der Waals surface area contributed by atoms with Gasteiger partial charge in [-0.1, -0.05) is 37.0 Å². The Bertz CT molecular complexity index is 510. The van der Waals surface area contributed by atoms with Gasteiger partial charge in [-0.05, 0) is 24.3 Å². The van der Waals surface area contributed by atoms with Crippen molar-refractivity contribution in [3.8, 4) is 0 Å². The Labute approximate surface area is 124 Å². The van der Waals surface area contributed by atoms with Gasteiger partial charge in [-0.3, -0.25) is 0 Å². The number of anilines is 1. The van der Waals surface area contributed by atoms with Gasteiger partial charge in [0.05, 0.1) is 5.02 Å². The van der Waals surface area contributed by atoms with E-state index in [4.69, 9.17) is 22.5 Å². The van der Waals surface area contributed by atoms with E-state index in [1.807, 2.05) is 0 Å². The normalized spacial score (nSPS) is 19.1. The van der Waals surface area contributed by atoms with Crippen LogP contribution >= 0.6 is 11.6 Å². The molecule has 0 spiro atoms. The van der Waals surface area contributed by atoms with Crippen molar-refractivity contribution in [3.63, 3.8) is 0 Å². The van der Waals surface area contributed by atoms with E-state index in [1.54, 1.807) is 12.3 Å². The molecule has 20 heavy (non-hydrogen) atoms. The zero-order valence-electron chi connectivity index (χ0n) is 11.9. The number of oxime groups is 1. The third-order valence-corrected chi connectivity index (χ3v) is 4.75. The second-order valence-corrected chi connectivity index (χ2v) is 6.01. The van der Waals surface area contributed by atoms with E-state index in [1.165, 1.54) is 6.42 Å². The quantitative estimate of drug-likeness (QED) is 0.389. The maximum atomic E-state index is 8.78. The molecule has 1 aliphatic heterocycles. The molecular weight excluding hydrogens is 276 g/mol. The summed E-state index contributed by atoms with van der Waals surface area (Å²) in [6.45, 7) is 6.42. The summed E-state index contributed by atoms with van der Waals surface area (Å²) in [4.78, 5) is 6.53. The van der Waals surface area contributed by atoms with Gasteiger partial charge in [-0.15, -0.1) is 0 Å². The molecule has 0 aliphatic carbocycles. The van der Waals surface area contributed by atoms with E-state index in [2.05, 4.69) is 28.9 Å². The van der Waals surface area contributed by atoms with Crippen LogP contribution in [0.4, 0.5) is 5.82 Å². The zero-order chi connectivity index (χ0) is 14.8. The summed E-state index contributed by atoms with van der Waals surface area (Å²) in [5.41, 5.74) is 6.55. The summed E-state index contributed by atoms with van der Waals surface area (Å²) < 4.78 is 0. The van der Waals surface area contributed by atoms with Crippen molar-refractivity contribution >= 4 is 23.3 Å². The average Bonchev–Trinajstić information content (AvgIpc) is 2.48. The van der Waals surface area contributed by atoms with Crippen molar-refractivity contribution in [3.05, 3.63) is 22.8 Å². The summed E-state index contributed by atoms with van der Waals surface area (Å²) in [7, 11) is 0. The third kappa shape index (κ3) is 2.82. The number of rotatable bonds is 3. The van der Waals surface area contributed by atoms with E-state index in [0.717, 1.165) is 25.9 Å². The van der Waals surface area contributed by atoms with Crippen LogP contribution in [-0.2, 0) is 0 Å². The Morgan fingerprint density at radius 3 is 2.75 bits per heavy atom. The topological polar surface area (TPSA) is 74.7 Å². The Morgan fingerprint density at radius 1 is 1.55 bits per heavy atom. The highest BCUT2D eigenvalue weighted by molar-refractivity contribution is 6.36. The lowest BCUT2D eigenvalue weighted by molar-refractivity contribution is 0.238. The van der Waals surface area contributed by atoms with Gasteiger partial charge in [-0.25, -0.2) is 4.98 Å². The van der Waals surface area contributed by atoms with Gasteiger partial charge in [-0.2, -0.15) is 0 Å². The number of amidine groups is 1. The highest BCUT2D eigenvalue weighted by Crippen LogP contribution is 2.37. The minimum absolute atomic E-state index is 0.00839. The molecule has 0 atom stereocenters. The molecule has 2 heterocycles. The van der Waals surface area contributed by atoms with Gasteiger partial charge in [0.2, 0.25) is 0 Å². The molecule has 110 valence electrons. The van der Waals surface area contributed by atoms with Crippen molar-refractivity contribution in [2.75, 3.05) is 18.0 Å². The lowest BCUT2D eigenvalue weighted by Crippen LogP contribution is -2.39. The van der Waals surface area contributed by atoms with Crippen LogP contribution in [0.1, 0.15) is 38.7 Å². The van der Waals surface area contributed by atoms with Gasteiger partial charge in [0.15, 0.2) is 5.84 Å². The van der Waals surface area contributed by atoms with Crippen LogP contribution in [0.3, 0.4) is 0 Å². The highest BCUT2D eigenvalue weighted by atomic mass is 35.5. The Hall–Kier alpha value is -1.49. The van der Waals surface area contributed by atoms with Crippen LogP contribution < -0.4 is 10.6 Å². The number of nitrogens with zero attached hydrogens (tertiary/aromatic N) is 3. The number of nitrogens with two attached hydrogens (primary N) is 1. The van der Waals surface area contributed by atoms with Crippen molar-refractivity contribution in [1.82, 2.24) is 4.98 Å². The Morgan fingerprint density at radius 2 is 2.20 bits per heavy atom. The number of hydrogen-bond acceptors (Lipinski definition) is 4. The van der Waals surface area contributed by atoms with Crippen molar-refractivity contribution < 1.29 is 5.21 Å². The molecule has 3 N–H and O–H groups in total. The molecule has 2 rings (SSSR count). The molecule has 0 radical (unpaired) electrons. The predicted octanol–water partition coefficient (Wildman–Crippen LogP) is 2.85.